The third-order valence-electron chi connectivity index (χ3n) is 3.89. The lowest BCUT2D eigenvalue weighted by Crippen LogP contribution is -2.23. The first-order valence-corrected chi connectivity index (χ1v) is 6.63. The van der Waals surface area contributed by atoms with E-state index in [1.54, 1.807) is 6.07 Å². The summed E-state index contributed by atoms with van der Waals surface area (Å²) >= 11 is 0. The zero-order chi connectivity index (χ0) is 11.7. The summed E-state index contributed by atoms with van der Waals surface area (Å²) in [6, 6.07) is 5.71. The smallest absolute Gasteiger partial charge is 0.130 e. The molecule has 2 aliphatic rings. The minimum absolute atomic E-state index is 0.0474. The highest BCUT2D eigenvalue weighted by molar-refractivity contribution is 5.56. The molecule has 0 amide bonds. The first-order valence-electron chi connectivity index (χ1n) is 6.63. The SMILES string of the molecule is Fc1cccc(N2CCCC2)c1C1CCCN1. The number of hydrogen-bond donors (Lipinski definition) is 1. The van der Waals surface area contributed by atoms with Gasteiger partial charge < -0.3 is 10.2 Å². The van der Waals surface area contributed by atoms with E-state index < -0.39 is 0 Å². The Morgan fingerprint density at radius 2 is 2.00 bits per heavy atom. The van der Waals surface area contributed by atoms with Gasteiger partial charge in [0.2, 0.25) is 0 Å². The second-order valence-electron chi connectivity index (χ2n) is 5.02. The average molecular weight is 234 g/mol. The summed E-state index contributed by atoms with van der Waals surface area (Å²) in [7, 11) is 0. The Bertz CT molecular complexity index is 393. The van der Waals surface area contributed by atoms with Crippen LogP contribution in [0.25, 0.3) is 0 Å². The molecule has 0 radical (unpaired) electrons. The Hall–Kier alpha value is -1.09. The standard InChI is InChI=1S/C14H19FN2/c15-11-5-3-7-13(17-9-1-2-10-17)14(11)12-6-4-8-16-12/h3,5,7,12,16H,1-2,4,6,8-10H2. The Morgan fingerprint density at radius 3 is 2.71 bits per heavy atom. The number of rotatable bonds is 2. The maximum Gasteiger partial charge on any atom is 0.130 e. The fraction of sp³-hybridized carbons (Fsp3) is 0.571. The number of halogens is 1. The van der Waals surface area contributed by atoms with Crippen molar-refractivity contribution in [2.24, 2.45) is 0 Å². The largest absolute Gasteiger partial charge is 0.371 e. The number of nitrogens with one attached hydrogen (secondary N) is 1. The van der Waals surface area contributed by atoms with Crippen molar-refractivity contribution >= 4 is 5.69 Å². The Labute approximate surface area is 102 Å². The van der Waals surface area contributed by atoms with E-state index in [9.17, 15) is 4.39 Å². The van der Waals surface area contributed by atoms with Crippen LogP contribution in [0.1, 0.15) is 37.3 Å². The fourth-order valence-corrected chi connectivity index (χ4v) is 3.04. The molecule has 3 rings (SSSR count). The normalized spacial score (nSPS) is 24.5. The third-order valence-corrected chi connectivity index (χ3v) is 3.89. The summed E-state index contributed by atoms with van der Waals surface area (Å²) in [5.74, 6) is -0.0474. The molecule has 0 aliphatic carbocycles. The lowest BCUT2D eigenvalue weighted by atomic mass is 10.0. The first-order chi connectivity index (χ1) is 8.36. The Balaban J connectivity index is 1.98. The molecule has 0 spiro atoms. The van der Waals surface area contributed by atoms with E-state index in [2.05, 4.69) is 16.3 Å². The van der Waals surface area contributed by atoms with E-state index in [1.165, 1.54) is 12.8 Å². The number of hydrogen-bond acceptors (Lipinski definition) is 2. The van der Waals surface area contributed by atoms with Crippen LogP contribution in [-0.4, -0.2) is 19.6 Å². The molecule has 17 heavy (non-hydrogen) atoms. The van der Waals surface area contributed by atoms with Crippen LogP contribution in [0.4, 0.5) is 10.1 Å². The summed E-state index contributed by atoms with van der Waals surface area (Å²) in [6.07, 6.45) is 4.67. The van der Waals surface area contributed by atoms with Gasteiger partial charge >= 0.3 is 0 Å². The average Bonchev–Trinajstić information content (AvgIpc) is 3.02. The molecule has 92 valence electrons. The highest BCUT2D eigenvalue weighted by Crippen LogP contribution is 2.34. The molecule has 1 N–H and O–H groups in total. The van der Waals surface area contributed by atoms with Crippen LogP contribution in [0.3, 0.4) is 0 Å². The van der Waals surface area contributed by atoms with Crippen molar-refractivity contribution in [1.29, 1.82) is 0 Å². The molecule has 3 heteroatoms. The number of anilines is 1. The summed E-state index contributed by atoms with van der Waals surface area (Å²) in [5, 5.41) is 3.41. The van der Waals surface area contributed by atoms with Gasteiger partial charge in [-0.15, -0.1) is 0 Å². The maximum atomic E-state index is 14.1. The van der Waals surface area contributed by atoms with Gasteiger partial charge in [0.15, 0.2) is 0 Å². The van der Waals surface area contributed by atoms with Crippen molar-refractivity contribution in [1.82, 2.24) is 5.32 Å². The summed E-state index contributed by atoms with van der Waals surface area (Å²) in [5.41, 5.74) is 2.01. The van der Waals surface area contributed by atoms with E-state index in [4.69, 9.17) is 0 Å². The molecular weight excluding hydrogens is 215 g/mol. The molecule has 0 bridgehead atoms. The highest BCUT2D eigenvalue weighted by atomic mass is 19.1. The zero-order valence-corrected chi connectivity index (χ0v) is 10.1. The molecule has 1 unspecified atom stereocenters. The van der Waals surface area contributed by atoms with Crippen LogP contribution in [0, 0.1) is 5.82 Å². The van der Waals surface area contributed by atoms with Gasteiger partial charge in [-0.25, -0.2) is 4.39 Å². The van der Waals surface area contributed by atoms with Crippen LogP contribution in [-0.2, 0) is 0 Å². The van der Waals surface area contributed by atoms with Crippen molar-refractivity contribution in [2.75, 3.05) is 24.5 Å². The van der Waals surface area contributed by atoms with Gasteiger partial charge in [-0.1, -0.05) is 6.07 Å². The van der Waals surface area contributed by atoms with Crippen LogP contribution < -0.4 is 10.2 Å². The molecule has 0 saturated carbocycles. The van der Waals surface area contributed by atoms with Crippen LogP contribution in [0.5, 0.6) is 0 Å². The molecular formula is C14H19FN2. The monoisotopic (exact) mass is 234 g/mol. The van der Waals surface area contributed by atoms with E-state index in [0.717, 1.165) is 43.7 Å². The van der Waals surface area contributed by atoms with Gasteiger partial charge in [0.05, 0.1) is 0 Å². The zero-order valence-electron chi connectivity index (χ0n) is 10.1. The quantitative estimate of drug-likeness (QED) is 0.846. The summed E-state index contributed by atoms with van der Waals surface area (Å²) in [6.45, 7) is 3.16. The van der Waals surface area contributed by atoms with Crippen molar-refractivity contribution in [3.05, 3.63) is 29.6 Å². The van der Waals surface area contributed by atoms with Crippen molar-refractivity contribution in [3.63, 3.8) is 0 Å². The first kappa shape index (κ1) is 11.0. The van der Waals surface area contributed by atoms with Crippen LogP contribution in [0.15, 0.2) is 18.2 Å². The van der Waals surface area contributed by atoms with Gasteiger partial charge in [0.1, 0.15) is 5.82 Å². The van der Waals surface area contributed by atoms with Gasteiger partial charge in [-0.05, 0) is 44.4 Å². The molecule has 2 aliphatic heterocycles. The molecule has 2 fully saturated rings. The predicted molar refractivity (Wildman–Crippen MR) is 67.8 cm³/mol. The van der Waals surface area contributed by atoms with E-state index in [1.807, 2.05) is 6.07 Å². The summed E-state index contributed by atoms with van der Waals surface area (Å²) < 4.78 is 14.1. The van der Waals surface area contributed by atoms with Gasteiger partial charge in [0.25, 0.3) is 0 Å². The third kappa shape index (κ3) is 2.04. The molecule has 1 aromatic carbocycles. The van der Waals surface area contributed by atoms with Crippen molar-refractivity contribution in [3.8, 4) is 0 Å². The van der Waals surface area contributed by atoms with Crippen LogP contribution >= 0.6 is 0 Å². The predicted octanol–water partition coefficient (Wildman–Crippen LogP) is 2.85. The van der Waals surface area contributed by atoms with Gasteiger partial charge in [-0.3, -0.25) is 0 Å². The molecule has 0 aromatic heterocycles. The lowest BCUT2D eigenvalue weighted by molar-refractivity contribution is 0.558. The number of benzene rings is 1. The molecule has 2 saturated heterocycles. The van der Waals surface area contributed by atoms with Crippen molar-refractivity contribution in [2.45, 2.75) is 31.7 Å². The fourth-order valence-electron chi connectivity index (χ4n) is 3.04. The second-order valence-corrected chi connectivity index (χ2v) is 5.02. The summed E-state index contributed by atoms with van der Waals surface area (Å²) in [4.78, 5) is 2.33. The molecule has 2 heterocycles. The Kier molecular flexibility index (Phi) is 3.02. The molecule has 1 atom stereocenters. The minimum Gasteiger partial charge on any atom is -0.371 e. The van der Waals surface area contributed by atoms with E-state index in [0.29, 0.717) is 0 Å². The number of nitrogens with zero attached hydrogens (tertiary/aromatic N) is 1. The highest BCUT2D eigenvalue weighted by Gasteiger charge is 2.25. The van der Waals surface area contributed by atoms with Gasteiger partial charge in [-0.2, -0.15) is 0 Å². The topological polar surface area (TPSA) is 15.3 Å². The van der Waals surface area contributed by atoms with E-state index >= 15 is 0 Å². The van der Waals surface area contributed by atoms with E-state index in [-0.39, 0.29) is 11.9 Å². The second kappa shape index (κ2) is 4.65. The molecule has 1 aromatic rings. The maximum absolute atomic E-state index is 14.1. The van der Waals surface area contributed by atoms with Crippen molar-refractivity contribution < 1.29 is 4.39 Å². The van der Waals surface area contributed by atoms with Crippen LogP contribution in [0.2, 0.25) is 0 Å². The molecule has 2 nitrogen and oxygen atoms in total. The lowest BCUT2D eigenvalue weighted by Gasteiger charge is -2.24. The minimum atomic E-state index is -0.0474. The van der Waals surface area contributed by atoms with Gasteiger partial charge in [0, 0.05) is 30.4 Å². The Morgan fingerprint density at radius 1 is 1.18 bits per heavy atom.